The Morgan fingerprint density at radius 2 is 2.12 bits per heavy atom. The number of pyridine rings is 1. The van der Waals surface area contributed by atoms with Crippen LogP contribution >= 0.6 is 0 Å². The number of aryl methyl sites for hydroxylation is 1. The van der Waals surface area contributed by atoms with Crippen LogP contribution in [0.15, 0.2) is 30.0 Å². The minimum absolute atomic E-state index is 0.300. The van der Waals surface area contributed by atoms with Gasteiger partial charge in [0.1, 0.15) is 0 Å². The van der Waals surface area contributed by atoms with Gasteiger partial charge in [-0.3, -0.25) is 9.78 Å². The lowest BCUT2D eigenvalue weighted by atomic mass is 9.78. The first-order valence-corrected chi connectivity index (χ1v) is 6.51. The van der Waals surface area contributed by atoms with Crippen LogP contribution in [0.25, 0.3) is 0 Å². The van der Waals surface area contributed by atoms with Gasteiger partial charge in [-0.05, 0) is 49.8 Å². The molecule has 0 radical (unpaired) electrons. The average molecular weight is 227 g/mol. The molecule has 0 N–H and O–H groups in total. The number of aromatic nitrogens is 1. The van der Waals surface area contributed by atoms with Crippen LogP contribution in [0.1, 0.15) is 49.3 Å². The molecule has 2 aliphatic rings. The molecular weight excluding hydrogens is 210 g/mol. The van der Waals surface area contributed by atoms with E-state index >= 15 is 0 Å². The zero-order valence-corrected chi connectivity index (χ0v) is 9.98. The number of ketones is 1. The highest BCUT2D eigenvalue weighted by atomic mass is 16.1. The van der Waals surface area contributed by atoms with Gasteiger partial charge in [0, 0.05) is 18.5 Å². The van der Waals surface area contributed by atoms with Gasteiger partial charge in [-0.25, -0.2) is 0 Å². The zero-order chi connectivity index (χ0) is 11.7. The smallest absolute Gasteiger partial charge is 0.155 e. The molecule has 88 valence electrons. The molecule has 1 atom stereocenters. The molecule has 0 bridgehead atoms. The van der Waals surface area contributed by atoms with Crippen LogP contribution in [0.5, 0.6) is 0 Å². The molecule has 0 saturated carbocycles. The van der Waals surface area contributed by atoms with E-state index in [0.717, 1.165) is 32.1 Å². The Kier molecular flexibility index (Phi) is 2.79. The van der Waals surface area contributed by atoms with Crippen molar-refractivity contribution in [1.82, 2.24) is 4.98 Å². The van der Waals surface area contributed by atoms with E-state index in [2.05, 4.69) is 11.1 Å². The number of nitrogens with zero attached hydrogens (tertiary/aromatic N) is 1. The highest BCUT2D eigenvalue weighted by Gasteiger charge is 2.26. The van der Waals surface area contributed by atoms with E-state index < -0.39 is 0 Å². The lowest BCUT2D eigenvalue weighted by Gasteiger charge is -2.27. The third-order valence-electron chi connectivity index (χ3n) is 3.88. The maximum Gasteiger partial charge on any atom is 0.155 e. The van der Waals surface area contributed by atoms with Crippen molar-refractivity contribution in [1.29, 1.82) is 0 Å². The third-order valence-corrected chi connectivity index (χ3v) is 3.88. The summed E-state index contributed by atoms with van der Waals surface area (Å²) in [5.74, 6) is 0.707. The van der Waals surface area contributed by atoms with Crippen LogP contribution in [0.4, 0.5) is 0 Å². The second kappa shape index (κ2) is 4.44. The lowest BCUT2D eigenvalue weighted by molar-refractivity contribution is -0.115. The molecule has 3 rings (SSSR count). The number of hydrogen-bond acceptors (Lipinski definition) is 2. The fraction of sp³-hybridized carbons (Fsp3) is 0.467. The van der Waals surface area contributed by atoms with Crippen molar-refractivity contribution >= 4 is 5.78 Å². The van der Waals surface area contributed by atoms with Gasteiger partial charge in [0.2, 0.25) is 0 Å². The highest BCUT2D eigenvalue weighted by Crippen LogP contribution is 2.38. The summed E-state index contributed by atoms with van der Waals surface area (Å²) < 4.78 is 0. The number of carbonyl (C=O) groups excluding carboxylic acids is 1. The van der Waals surface area contributed by atoms with Gasteiger partial charge in [0.15, 0.2) is 5.78 Å². The van der Waals surface area contributed by atoms with Crippen LogP contribution in [-0.2, 0) is 11.2 Å². The molecule has 1 aromatic heterocycles. The van der Waals surface area contributed by atoms with Gasteiger partial charge in [-0.2, -0.15) is 0 Å². The number of allylic oxidation sites excluding steroid dienone is 2. The van der Waals surface area contributed by atoms with Crippen molar-refractivity contribution in [2.45, 2.75) is 44.4 Å². The largest absolute Gasteiger partial charge is 0.295 e. The molecule has 1 aromatic rings. The van der Waals surface area contributed by atoms with Crippen LogP contribution in [-0.4, -0.2) is 10.8 Å². The molecule has 2 heteroatoms. The van der Waals surface area contributed by atoms with Crippen molar-refractivity contribution in [3.05, 3.63) is 41.2 Å². The molecule has 1 heterocycles. The van der Waals surface area contributed by atoms with Gasteiger partial charge in [0.25, 0.3) is 0 Å². The summed E-state index contributed by atoms with van der Waals surface area (Å²) in [5, 5.41) is 0. The van der Waals surface area contributed by atoms with E-state index in [9.17, 15) is 4.79 Å². The number of rotatable bonds is 1. The van der Waals surface area contributed by atoms with Gasteiger partial charge in [0.05, 0.1) is 5.69 Å². The highest BCUT2D eigenvalue weighted by molar-refractivity contribution is 5.91. The van der Waals surface area contributed by atoms with E-state index in [4.69, 9.17) is 0 Å². The van der Waals surface area contributed by atoms with Crippen LogP contribution in [0, 0.1) is 0 Å². The fourth-order valence-corrected chi connectivity index (χ4v) is 3.06. The molecular formula is C15H17NO. The van der Waals surface area contributed by atoms with E-state index in [1.54, 1.807) is 0 Å². The standard InChI is InChI=1S/C15H17NO/c17-13-7-1-5-12(10-13)14-8-2-4-11-6-3-9-16-15(11)14/h3,6,9-10,14H,1-2,4-5,7-8H2. The summed E-state index contributed by atoms with van der Waals surface area (Å²) in [6.45, 7) is 0. The summed E-state index contributed by atoms with van der Waals surface area (Å²) in [6, 6.07) is 4.20. The Hall–Kier alpha value is -1.44. The molecule has 0 amide bonds. The molecule has 1 unspecified atom stereocenters. The summed E-state index contributed by atoms with van der Waals surface area (Å²) in [7, 11) is 0. The van der Waals surface area contributed by atoms with Crippen molar-refractivity contribution in [3.63, 3.8) is 0 Å². The topological polar surface area (TPSA) is 30.0 Å². The van der Waals surface area contributed by atoms with E-state index in [-0.39, 0.29) is 0 Å². The first-order valence-electron chi connectivity index (χ1n) is 6.51. The third kappa shape index (κ3) is 2.04. The maximum absolute atomic E-state index is 11.5. The predicted octanol–water partition coefficient (Wildman–Crippen LogP) is 3.18. The monoisotopic (exact) mass is 227 g/mol. The van der Waals surface area contributed by atoms with Crippen LogP contribution < -0.4 is 0 Å². The van der Waals surface area contributed by atoms with Crippen molar-refractivity contribution in [2.24, 2.45) is 0 Å². The van der Waals surface area contributed by atoms with Gasteiger partial charge >= 0.3 is 0 Å². The normalized spacial score (nSPS) is 24.1. The Balaban J connectivity index is 1.97. The van der Waals surface area contributed by atoms with Gasteiger partial charge < -0.3 is 0 Å². The summed E-state index contributed by atoms with van der Waals surface area (Å²) in [5.41, 5.74) is 3.92. The molecule has 0 fully saturated rings. The molecule has 2 nitrogen and oxygen atoms in total. The molecule has 0 spiro atoms. The Morgan fingerprint density at radius 1 is 1.18 bits per heavy atom. The van der Waals surface area contributed by atoms with E-state index in [1.807, 2.05) is 18.3 Å². The first-order chi connectivity index (χ1) is 8.34. The number of hydrogen-bond donors (Lipinski definition) is 0. The second-order valence-electron chi connectivity index (χ2n) is 5.03. The summed E-state index contributed by atoms with van der Waals surface area (Å²) in [4.78, 5) is 16.1. The fourth-order valence-electron chi connectivity index (χ4n) is 3.06. The number of fused-ring (bicyclic) bond motifs is 1. The zero-order valence-electron chi connectivity index (χ0n) is 9.98. The molecule has 0 saturated heterocycles. The lowest BCUT2D eigenvalue weighted by Crippen LogP contribution is -2.16. The quantitative estimate of drug-likeness (QED) is 0.737. The predicted molar refractivity (Wildman–Crippen MR) is 66.9 cm³/mol. The first kappa shape index (κ1) is 10.7. The van der Waals surface area contributed by atoms with Crippen molar-refractivity contribution < 1.29 is 4.79 Å². The average Bonchev–Trinajstić information content (AvgIpc) is 2.38. The number of carbonyl (C=O) groups is 1. The van der Waals surface area contributed by atoms with Gasteiger partial charge in [-0.15, -0.1) is 0 Å². The summed E-state index contributed by atoms with van der Waals surface area (Å²) >= 11 is 0. The second-order valence-corrected chi connectivity index (χ2v) is 5.03. The van der Waals surface area contributed by atoms with E-state index in [0.29, 0.717) is 11.7 Å². The van der Waals surface area contributed by atoms with E-state index in [1.165, 1.54) is 23.3 Å². The Morgan fingerprint density at radius 3 is 3.00 bits per heavy atom. The minimum Gasteiger partial charge on any atom is -0.295 e. The van der Waals surface area contributed by atoms with Crippen molar-refractivity contribution in [3.8, 4) is 0 Å². The minimum atomic E-state index is 0.300. The molecule has 0 aliphatic heterocycles. The molecule has 17 heavy (non-hydrogen) atoms. The van der Waals surface area contributed by atoms with Gasteiger partial charge in [-0.1, -0.05) is 11.6 Å². The maximum atomic E-state index is 11.5. The SMILES string of the molecule is O=C1C=C(C2CCCc3cccnc32)CCC1. The Bertz CT molecular complexity index is 476. The van der Waals surface area contributed by atoms with Crippen molar-refractivity contribution in [2.75, 3.05) is 0 Å². The Labute approximate surface area is 102 Å². The molecule has 2 aliphatic carbocycles. The summed E-state index contributed by atoms with van der Waals surface area (Å²) in [6.07, 6.45) is 10.1. The van der Waals surface area contributed by atoms with Crippen LogP contribution in [0.2, 0.25) is 0 Å². The van der Waals surface area contributed by atoms with Crippen LogP contribution in [0.3, 0.4) is 0 Å². The molecule has 0 aromatic carbocycles.